The van der Waals surface area contributed by atoms with E-state index in [1.807, 2.05) is 18.2 Å². The van der Waals surface area contributed by atoms with Crippen LogP contribution >= 0.6 is 0 Å². The molecule has 0 aliphatic carbocycles. The van der Waals surface area contributed by atoms with Crippen molar-refractivity contribution in [1.29, 1.82) is 0 Å². The van der Waals surface area contributed by atoms with Crippen LogP contribution in [0.2, 0.25) is 0 Å². The number of alkyl halides is 3. The van der Waals surface area contributed by atoms with Crippen LogP contribution in [0.5, 0.6) is 11.5 Å². The van der Waals surface area contributed by atoms with Crippen molar-refractivity contribution in [2.75, 3.05) is 27.3 Å². The Balaban J connectivity index is 1.56. The maximum absolute atomic E-state index is 13.4. The third-order valence-electron chi connectivity index (χ3n) is 5.44. The summed E-state index contributed by atoms with van der Waals surface area (Å²) in [6, 6.07) is 8.36. The molecule has 3 aromatic rings. The van der Waals surface area contributed by atoms with Crippen molar-refractivity contribution in [1.82, 2.24) is 19.5 Å². The summed E-state index contributed by atoms with van der Waals surface area (Å²) in [6.07, 6.45) is -3.67. The quantitative estimate of drug-likeness (QED) is 0.623. The van der Waals surface area contributed by atoms with Crippen molar-refractivity contribution in [3.8, 4) is 11.5 Å². The fourth-order valence-electron chi connectivity index (χ4n) is 3.98. The van der Waals surface area contributed by atoms with E-state index in [9.17, 15) is 13.2 Å². The van der Waals surface area contributed by atoms with Gasteiger partial charge in [0.15, 0.2) is 5.65 Å². The molecule has 1 aliphatic rings. The highest BCUT2D eigenvalue weighted by molar-refractivity contribution is 5.44. The number of hydrogen-bond acceptors (Lipinski definition) is 5. The predicted molar refractivity (Wildman–Crippen MR) is 105 cm³/mol. The van der Waals surface area contributed by atoms with E-state index in [1.54, 1.807) is 27.2 Å². The summed E-state index contributed by atoms with van der Waals surface area (Å²) < 4.78 is 51.9. The molecule has 0 radical (unpaired) electrons. The Hall–Kier alpha value is -2.81. The number of nitrogens with zero attached hydrogens (tertiary/aromatic N) is 4. The standard InChI is InChI=1S/C21H23F3N4O2/c1-13-8-19(21(22,23)24)28-20(25-13)10-17(26-28)14-6-7-27(11-14)12-15-9-16(29-2)4-5-18(15)30-3/h4-5,8-10,14H,6-7,11-12H2,1-3H3/t14-/m1/s1. The van der Waals surface area contributed by atoms with Gasteiger partial charge < -0.3 is 9.47 Å². The van der Waals surface area contributed by atoms with Crippen LogP contribution in [0.1, 0.15) is 35.0 Å². The number of fused-ring (bicyclic) bond motifs is 1. The molecule has 3 heterocycles. The second-order valence-electron chi connectivity index (χ2n) is 7.52. The highest BCUT2D eigenvalue weighted by Gasteiger charge is 2.35. The number of likely N-dealkylation sites (tertiary alicyclic amines) is 1. The largest absolute Gasteiger partial charge is 0.497 e. The lowest BCUT2D eigenvalue weighted by Gasteiger charge is -2.18. The van der Waals surface area contributed by atoms with Crippen molar-refractivity contribution < 1.29 is 22.6 Å². The van der Waals surface area contributed by atoms with E-state index < -0.39 is 11.9 Å². The van der Waals surface area contributed by atoms with Gasteiger partial charge in [0.2, 0.25) is 0 Å². The van der Waals surface area contributed by atoms with E-state index in [-0.39, 0.29) is 11.6 Å². The Morgan fingerprint density at radius 2 is 1.93 bits per heavy atom. The minimum atomic E-state index is -4.49. The first-order valence-electron chi connectivity index (χ1n) is 9.66. The zero-order valence-corrected chi connectivity index (χ0v) is 17.0. The van der Waals surface area contributed by atoms with Crippen molar-refractivity contribution in [2.45, 2.75) is 32.0 Å². The van der Waals surface area contributed by atoms with Crippen LogP contribution in [0.25, 0.3) is 5.65 Å². The molecule has 160 valence electrons. The van der Waals surface area contributed by atoms with Gasteiger partial charge in [-0.2, -0.15) is 18.3 Å². The molecule has 0 N–H and O–H groups in total. The molecule has 9 heteroatoms. The van der Waals surface area contributed by atoms with Crippen molar-refractivity contribution in [3.63, 3.8) is 0 Å². The molecule has 0 unspecified atom stereocenters. The van der Waals surface area contributed by atoms with Crippen LogP contribution in [-0.2, 0) is 12.7 Å². The number of methoxy groups -OCH3 is 2. The van der Waals surface area contributed by atoms with E-state index >= 15 is 0 Å². The van der Waals surface area contributed by atoms with Crippen molar-refractivity contribution >= 4 is 5.65 Å². The highest BCUT2D eigenvalue weighted by atomic mass is 19.4. The molecule has 1 fully saturated rings. The van der Waals surface area contributed by atoms with Gasteiger partial charge in [-0.15, -0.1) is 0 Å². The second kappa shape index (κ2) is 7.79. The lowest BCUT2D eigenvalue weighted by atomic mass is 10.1. The van der Waals surface area contributed by atoms with Gasteiger partial charge in [0.05, 0.1) is 19.9 Å². The zero-order valence-electron chi connectivity index (χ0n) is 17.0. The van der Waals surface area contributed by atoms with Gasteiger partial charge in [-0.1, -0.05) is 0 Å². The first kappa shape index (κ1) is 20.5. The number of benzene rings is 1. The van der Waals surface area contributed by atoms with Crippen molar-refractivity contribution in [2.24, 2.45) is 0 Å². The van der Waals surface area contributed by atoms with Gasteiger partial charge in [0, 0.05) is 36.3 Å². The van der Waals surface area contributed by atoms with E-state index in [0.29, 0.717) is 24.5 Å². The summed E-state index contributed by atoms with van der Waals surface area (Å²) in [6.45, 7) is 3.73. The van der Waals surface area contributed by atoms with E-state index in [1.165, 1.54) is 0 Å². The Kier molecular flexibility index (Phi) is 5.31. The van der Waals surface area contributed by atoms with Gasteiger partial charge in [-0.3, -0.25) is 4.90 Å². The molecular weight excluding hydrogens is 397 g/mol. The third-order valence-corrected chi connectivity index (χ3v) is 5.44. The number of aromatic nitrogens is 3. The second-order valence-corrected chi connectivity index (χ2v) is 7.52. The number of aryl methyl sites for hydroxylation is 1. The summed E-state index contributed by atoms with van der Waals surface area (Å²) in [4.78, 5) is 6.47. The third kappa shape index (κ3) is 3.94. The first-order chi connectivity index (χ1) is 14.3. The molecule has 0 bridgehead atoms. The van der Waals surface area contributed by atoms with Gasteiger partial charge in [-0.25, -0.2) is 9.50 Å². The van der Waals surface area contributed by atoms with Crippen LogP contribution in [0.3, 0.4) is 0 Å². The van der Waals surface area contributed by atoms with Crippen molar-refractivity contribution in [3.05, 3.63) is 53.0 Å². The Morgan fingerprint density at radius 3 is 2.63 bits per heavy atom. The fourth-order valence-corrected chi connectivity index (χ4v) is 3.98. The van der Waals surface area contributed by atoms with Crippen LogP contribution in [0.4, 0.5) is 13.2 Å². The minimum Gasteiger partial charge on any atom is -0.497 e. The zero-order chi connectivity index (χ0) is 21.5. The summed E-state index contributed by atoms with van der Waals surface area (Å²) in [7, 11) is 3.24. The molecule has 6 nitrogen and oxygen atoms in total. The molecule has 2 aromatic heterocycles. The summed E-state index contributed by atoms with van der Waals surface area (Å²) >= 11 is 0. The first-order valence-corrected chi connectivity index (χ1v) is 9.66. The summed E-state index contributed by atoms with van der Waals surface area (Å²) in [5.41, 5.74) is 1.39. The molecule has 0 spiro atoms. The lowest BCUT2D eigenvalue weighted by molar-refractivity contribution is -0.142. The van der Waals surface area contributed by atoms with Crippen LogP contribution < -0.4 is 9.47 Å². The van der Waals surface area contributed by atoms with Gasteiger partial charge in [0.1, 0.15) is 17.2 Å². The lowest BCUT2D eigenvalue weighted by Crippen LogP contribution is -2.20. The topological polar surface area (TPSA) is 51.9 Å². The monoisotopic (exact) mass is 420 g/mol. The van der Waals surface area contributed by atoms with Crippen LogP contribution in [-0.4, -0.2) is 46.8 Å². The van der Waals surface area contributed by atoms with E-state index in [2.05, 4.69) is 15.0 Å². The maximum atomic E-state index is 13.4. The molecule has 1 aliphatic heterocycles. The fraction of sp³-hybridized carbons (Fsp3) is 0.429. The SMILES string of the molecule is COc1ccc(OC)c(CN2CC[C@@H](c3cc4nc(C)cc(C(F)(F)F)n4n3)C2)c1. The molecular formula is C21H23F3N4O2. The Labute approximate surface area is 172 Å². The number of hydrogen-bond donors (Lipinski definition) is 0. The van der Waals surface area contributed by atoms with Gasteiger partial charge >= 0.3 is 6.18 Å². The smallest absolute Gasteiger partial charge is 0.433 e. The molecule has 0 saturated carbocycles. The number of halogens is 3. The molecule has 4 rings (SSSR count). The Bertz CT molecular complexity index is 1060. The summed E-state index contributed by atoms with van der Waals surface area (Å²) in [5, 5.41) is 4.27. The maximum Gasteiger partial charge on any atom is 0.433 e. The molecule has 1 aromatic carbocycles. The summed E-state index contributed by atoms with van der Waals surface area (Å²) in [5.74, 6) is 1.58. The molecule has 30 heavy (non-hydrogen) atoms. The van der Waals surface area contributed by atoms with E-state index in [4.69, 9.17) is 9.47 Å². The predicted octanol–water partition coefficient (Wildman–Crippen LogP) is 4.06. The molecule has 1 saturated heterocycles. The van der Waals surface area contributed by atoms with Crippen LogP contribution in [0.15, 0.2) is 30.3 Å². The Morgan fingerprint density at radius 1 is 1.13 bits per heavy atom. The average molecular weight is 420 g/mol. The normalized spacial score (nSPS) is 17.6. The molecule has 0 amide bonds. The van der Waals surface area contributed by atoms with Gasteiger partial charge in [-0.05, 0) is 44.2 Å². The molecule has 1 atom stereocenters. The number of rotatable bonds is 5. The van der Waals surface area contributed by atoms with E-state index in [0.717, 1.165) is 40.6 Å². The average Bonchev–Trinajstić information content (AvgIpc) is 3.33. The number of ether oxygens (including phenoxy) is 2. The highest BCUT2D eigenvalue weighted by Crippen LogP contribution is 2.33. The van der Waals surface area contributed by atoms with Crippen LogP contribution in [0, 0.1) is 6.92 Å². The van der Waals surface area contributed by atoms with Gasteiger partial charge in [0.25, 0.3) is 0 Å². The minimum absolute atomic E-state index is 0.0460.